The van der Waals surface area contributed by atoms with Gasteiger partial charge in [-0.15, -0.1) is 0 Å². The van der Waals surface area contributed by atoms with Crippen molar-refractivity contribution in [2.45, 2.75) is 84.0 Å². The Morgan fingerprint density at radius 2 is 1.10 bits per heavy atom. The SMILES string of the molecule is CCCCCCCCCCCCC(CC(=O)O)C(=O)O.OCCN(CCO)CCO. The summed E-state index contributed by atoms with van der Waals surface area (Å²) in [5.74, 6) is -2.73. The smallest absolute Gasteiger partial charge is 0.307 e. The Morgan fingerprint density at radius 3 is 1.43 bits per heavy atom. The van der Waals surface area contributed by atoms with Gasteiger partial charge in [0, 0.05) is 19.6 Å². The molecule has 0 rings (SSSR count). The second-order valence-corrected chi connectivity index (χ2v) is 7.62. The number of carbonyl (C=O) groups is 2. The minimum absolute atomic E-state index is 0.0694. The van der Waals surface area contributed by atoms with Crippen LogP contribution in [0.15, 0.2) is 0 Å². The molecule has 0 aromatic heterocycles. The first kappa shape index (κ1) is 31.0. The van der Waals surface area contributed by atoms with E-state index in [1.807, 2.05) is 0 Å². The van der Waals surface area contributed by atoms with E-state index in [4.69, 9.17) is 25.5 Å². The Labute approximate surface area is 181 Å². The first-order valence-corrected chi connectivity index (χ1v) is 11.4. The molecule has 0 bridgehead atoms. The molecule has 180 valence electrons. The summed E-state index contributed by atoms with van der Waals surface area (Å²) in [6.45, 7) is 3.97. The molecule has 1 unspecified atom stereocenters. The number of unbranched alkanes of at least 4 members (excludes halogenated alkanes) is 9. The number of rotatable bonds is 20. The van der Waals surface area contributed by atoms with Crippen LogP contribution >= 0.6 is 0 Å². The third-order valence-corrected chi connectivity index (χ3v) is 4.93. The highest BCUT2D eigenvalue weighted by molar-refractivity contribution is 5.77. The highest BCUT2D eigenvalue weighted by Gasteiger charge is 2.20. The highest BCUT2D eigenvalue weighted by atomic mass is 16.4. The Bertz CT molecular complexity index is 379. The molecule has 0 amide bonds. The van der Waals surface area contributed by atoms with Gasteiger partial charge in [0.15, 0.2) is 0 Å². The van der Waals surface area contributed by atoms with Crippen LogP contribution in [0.3, 0.4) is 0 Å². The fourth-order valence-electron chi connectivity index (χ4n) is 3.16. The van der Waals surface area contributed by atoms with E-state index in [0.29, 0.717) is 26.1 Å². The molecule has 5 N–H and O–H groups in total. The van der Waals surface area contributed by atoms with Crippen molar-refractivity contribution in [2.75, 3.05) is 39.5 Å². The van der Waals surface area contributed by atoms with Crippen molar-refractivity contribution in [1.82, 2.24) is 4.90 Å². The molecule has 0 fully saturated rings. The number of hydrogen-bond donors (Lipinski definition) is 5. The number of carboxylic acid groups (broad SMARTS) is 2. The summed E-state index contributed by atoms with van der Waals surface area (Å²) in [4.78, 5) is 23.2. The molecule has 0 heterocycles. The van der Waals surface area contributed by atoms with Crippen molar-refractivity contribution in [2.24, 2.45) is 5.92 Å². The maximum absolute atomic E-state index is 10.9. The molecule has 0 saturated heterocycles. The largest absolute Gasteiger partial charge is 0.481 e. The molecule has 8 nitrogen and oxygen atoms in total. The predicted octanol–water partition coefficient (Wildman–Crippen LogP) is 2.74. The van der Waals surface area contributed by atoms with Crippen molar-refractivity contribution in [3.63, 3.8) is 0 Å². The zero-order valence-electron chi connectivity index (χ0n) is 18.8. The first-order chi connectivity index (χ1) is 14.4. The van der Waals surface area contributed by atoms with Crippen molar-refractivity contribution in [3.05, 3.63) is 0 Å². The molecule has 0 aliphatic heterocycles. The Morgan fingerprint density at radius 1 is 0.700 bits per heavy atom. The van der Waals surface area contributed by atoms with Gasteiger partial charge in [0.05, 0.1) is 32.2 Å². The van der Waals surface area contributed by atoms with Gasteiger partial charge in [0.2, 0.25) is 0 Å². The number of aliphatic carboxylic acids is 2. The van der Waals surface area contributed by atoms with Crippen LogP contribution in [0.2, 0.25) is 0 Å². The first-order valence-electron chi connectivity index (χ1n) is 11.4. The topological polar surface area (TPSA) is 139 Å². The van der Waals surface area contributed by atoms with Gasteiger partial charge in [-0.25, -0.2) is 0 Å². The average Bonchev–Trinajstić information content (AvgIpc) is 2.69. The maximum atomic E-state index is 10.9. The van der Waals surface area contributed by atoms with Crippen LogP contribution in [0.25, 0.3) is 0 Å². The Balaban J connectivity index is 0. The van der Waals surface area contributed by atoms with E-state index in [1.54, 1.807) is 4.90 Å². The molecule has 0 aliphatic carbocycles. The standard InChI is InChI=1S/C16H30O4.C6H15NO3/c1-2-3-4-5-6-7-8-9-10-11-12-14(16(19)20)13-15(17)18;8-4-1-7(2-5-9)3-6-10/h14H,2-13H2,1H3,(H,17,18)(H,19,20);8-10H,1-6H2. The lowest BCUT2D eigenvalue weighted by molar-refractivity contribution is -0.148. The predicted molar refractivity (Wildman–Crippen MR) is 118 cm³/mol. The fraction of sp³-hybridized carbons (Fsp3) is 0.909. The molecule has 0 saturated carbocycles. The third kappa shape index (κ3) is 23.1. The summed E-state index contributed by atoms with van der Waals surface area (Å²) in [5, 5.41) is 43.0. The van der Waals surface area contributed by atoms with Gasteiger partial charge in [-0.05, 0) is 6.42 Å². The minimum atomic E-state index is -1.02. The van der Waals surface area contributed by atoms with Gasteiger partial charge in [-0.3, -0.25) is 14.5 Å². The Hall–Kier alpha value is -1.22. The zero-order chi connectivity index (χ0) is 23.0. The summed E-state index contributed by atoms with van der Waals surface area (Å²) in [6.07, 6.45) is 12.2. The molecule has 0 aromatic carbocycles. The van der Waals surface area contributed by atoms with Crippen molar-refractivity contribution in [3.8, 4) is 0 Å². The molecular weight excluding hydrogens is 390 g/mol. The van der Waals surface area contributed by atoms with E-state index in [2.05, 4.69) is 6.92 Å². The fourth-order valence-corrected chi connectivity index (χ4v) is 3.16. The monoisotopic (exact) mass is 435 g/mol. The summed E-state index contributed by atoms with van der Waals surface area (Å²) in [7, 11) is 0. The highest BCUT2D eigenvalue weighted by Crippen LogP contribution is 2.16. The van der Waals surface area contributed by atoms with Gasteiger partial charge in [-0.1, -0.05) is 71.1 Å². The van der Waals surface area contributed by atoms with E-state index in [9.17, 15) is 9.59 Å². The molecule has 0 aromatic rings. The molecule has 0 aliphatic rings. The van der Waals surface area contributed by atoms with Crippen LogP contribution in [0.5, 0.6) is 0 Å². The van der Waals surface area contributed by atoms with Crippen LogP contribution in [-0.4, -0.2) is 81.8 Å². The Kier molecular flexibility index (Phi) is 24.8. The lowest BCUT2D eigenvalue weighted by Gasteiger charge is -2.17. The van der Waals surface area contributed by atoms with Gasteiger partial charge in [0.25, 0.3) is 0 Å². The van der Waals surface area contributed by atoms with Gasteiger partial charge in [0.1, 0.15) is 0 Å². The van der Waals surface area contributed by atoms with E-state index in [1.165, 1.54) is 44.9 Å². The molecule has 8 heteroatoms. The normalized spacial score (nSPS) is 11.8. The van der Waals surface area contributed by atoms with Crippen LogP contribution in [0, 0.1) is 5.92 Å². The number of nitrogens with zero attached hydrogens (tertiary/aromatic N) is 1. The second kappa shape index (κ2) is 24.1. The van der Waals surface area contributed by atoms with Crippen LogP contribution in [0.1, 0.15) is 84.0 Å². The molecule has 1 atom stereocenters. The molecule has 30 heavy (non-hydrogen) atoms. The summed E-state index contributed by atoms with van der Waals surface area (Å²) >= 11 is 0. The number of carboxylic acids is 2. The minimum Gasteiger partial charge on any atom is -0.481 e. The van der Waals surface area contributed by atoms with E-state index in [-0.39, 0.29) is 26.2 Å². The molecule has 0 spiro atoms. The van der Waals surface area contributed by atoms with Crippen molar-refractivity contribution < 1.29 is 35.1 Å². The third-order valence-electron chi connectivity index (χ3n) is 4.93. The van der Waals surface area contributed by atoms with Gasteiger partial charge < -0.3 is 25.5 Å². The maximum Gasteiger partial charge on any atom is 0.307 e. The number of aliphatic hydroxyl groups is 3. The van der Waals surface area contributed by atoms with Crippen LogP contribution in [0.4, 0.5) is 0 Å². The van der Waals surface area contributed by atoms with Crippen LogP contribution in [-0.2, 0) is 9.59 Å². The summed E-state index contributed by atoms with van der Waals surface area (Å²) < 4.78 is 0. The summed E-state index contributed by atoms with van der Waals surface area (Å²) in [6, 6.07) is 0. The van der Waals surface area contributed by atoms with Crippen molar-refractivity contribution in [1.29, 1.82) is 0 Å². The quantitative estimate of drug-likeness (QED) is 0.184. The van der Waals surface area contributed by atoms with E-state index < -0.39 is 17.9 Å². The molecule has 0 radical (unpaired) electrons. The van der Waals surface area contributed by atoms with Crippen LogP contribution < -0.4 is 0 Å². The van der Waals surface area contributed by atoms with E-state index in [0.717, 1.165) is 19.3 Å². The lowest BCUT2D eigenvalue weighted by Crippen LogP contribution is -2.32. The number of aliphatic hydroxyl groups excluding tert-OH is 3. The van der Waals surface area contributed by atoms with Gasteiger partial charge in [-0.2, -0.15) is 0 Å². The molecular formula is C22H45NO7. The van der Waals surface area contributed by atoms with E-state index >= 15 is 0 Å². The zero-order valence-corrected chi connectivity index (χ0v) is 18.8. The number of hydrogen-bond acceptors (Lipinski definition) is 6. The second-order valence-electron chi connectivity index (χ2n) is 7.62. The van der Waals surface area contributed by atoms with Crippen molar-refractivity contribution >= 4 is 11.9 Å². The summed E-state index contributed by atoms with van der Waals surface area (Å²) in [5.41, 5.74) is 0. The lowest BCUT2D eigenvalue weighted by atomic mass is 9.97. The van der Waals surface area contributed by atoms with Gasteiger partial charge >= 0.3 is 11.9 Å². The average molecular weight is 436 g/mol.